The minimum absolute atomic E-state index is 0.114. The van der Waals surface area contributed by atoms with Gasteiger partial charge in [0.05, 0.1) is 4.92 Å². The Bertz CT molecular complexity index is 342. The molecule has 0 radical (unpaired) electrons. The number of aromatic nitrogens is 1. The van der Waals surface area contributed by atoms with Crippen molar-refractivity contribution in [3.05, 3.63) is 21.6 Å². The minimum atomic E-state index is -1.47. The number of hydrogen-bond donors (Lipinski definition) is 1. The monoisotopic (exact) mass is 172 g/mol. The van der Waals surface area contributed by atoms with Gasteiger partial charge in [0.25, 0.3) is 5.69 Å². The van der Waals surface area contributed by atoms with Crippen molar-refractivity contribution in [3.63, 3.8) is 0 Å². The number of carboxylic acids is 1. The molecule has 0 saturated heterocycles. The van der Waals surface area contributed by atoms with Crippen molar-refractivity contribution in [2.24, 2.45) is 0 Å². The summed E-state index contributed by atoms with van der Waals surface area (Å²) in [6.45, 7) is 1.28. The first kappa shape index (κ1) is 8.18. The van der Waals surface area contributed by atoms with Gasteiger partial charge in [-0.05, 0) is 0 Å². The smallest absolute Gasteiger partial charge is 0.365 e. The Kier molecular flexibility index (Phi) is 1.78. The van der Waals surface area contributed by atoms with Crippen LogP contribution in [0.5, 0.6) is 0 Å². The van der Waals surface area contributed by atoms with Crippen LogP contribution in [0, 0.1) is 17.0 Å². The molecule has 1 rings (SSSR count). The molecule has 0 aliphatic heterocycles. The molecule has 0 saturated carbocycles. The van der Waals surface area contributed by atoms with Gasteiger partial charge < -0.3 is 9.63 Å². The molecule has 64 valence electrons. The maximum absolute atomic E-state index is 10.3. The van der Waals surface area contributed by atoms with Gasteiger partial charge in [0.1, 0.15) is 0 Å². The molecule has 0 aliphatic carbocycles. The second-order valence-electron chi connectivity index (χ2n) is 2.00. The lowest BCUT2D eigenvalue weighted by Gasteiger charge is -1.85. The van der Waals surface area contributed by atoms with Crippen LogP contribution >= 0.6 is 0 Å². The van der Waals surface area contributed by atoms with Crippen LogP contribution in [0.3, 0.4) is 0 Å². The van der Waals surface area contributed by atoms with Gasteiger partial charge in [0, 0.05) is 6.92 Å². The van der Waals surface area contributed by atoms with Crippen molar-refractivity contribution in [1.82, 2.24) is 5.16 Å². The molecule has 0 spiro atoms. The maximum Gasteiger partial charge on any atom is 0.365 e. The molecule has 1 aromatic heterocycles. The summed E-state index contributed by atoms with van der Waals surface area (Å²) in [6, 6.07) is 0. The van der Waals surface area contributed by atoms with E-state index >= 15 is 0 Å². The second-order valence-corrected chi connectivity index (χ2v) is 2.00. The summed E-state index contributed by atoms with van der Waals surface area (Å²) in [4.78, 5) is 19.7. The van der Waals surface area contributed by atoms with Gasteiger partial charge in [-0.2, -0.15) is 0 Å². The van der Waals surface area contributed by atoms with E-state index in [4.69, 9.17) is 5.11 Å². The summed E-state index contributed by atoms with van der Waals surface area (Å²) in [5.41, 5.74) is -1.26. The summed E-state index contributed by atoms with van der Waals surface area (Å²) in [5.74, 6) is -1.59. The number of aromatic carboxylic acids is 1. The summed E-state index contributed by atoms with van der Waals surface area (Å²) in [5, 5.41) is 21.7. The number of carbonyl (C=O) groups is 1. The fourth-order valence-electron chi connectivity index (χ4n) is 0.723. The van der Waals surface area contributed by atoms with Crippen LogP contribution in [0.4, 0.5) is 5.69 Å². The van der Waals surface area contributed by atoms with E-state index in [9.17, 15) is 14.9 Å². The molecule has 1 N–H and O–H groups in total. The predicted octanol–water partition coefficient (Wildman–Crippen LogP) is 0.589. The first-order valence-electron chi connectivity index (χ1n) is 2.88. The first-order valence-corrected chi connectivity index (χ1v) is 2.88. The van der Waals surface area contributed by atoms with Crippen molar-refractivity contribution < 1.29 is 19.3 Å². The molecule has 0 amide bonds. The molecule has 0 unspecified atom stereocenters. The standard InChI is InChI=1S/C5H4N2O5/c1-2-4(7(10)11)3(5(8)9)6-12-2/h1H3,(H,8,9). The highest BCUT2D eigenvalue weighted by molar-refractivity contribution is 5.90. The molecule has 0 aliphatic rings. The van der Waals surface area contributed by atoms with Crippen molar-refractivity contribution in [2.75, 3.05) is 0 Å². The maximum atomic E-state index is 10.3. The summed E-state index contributed by atoms with van der Waals surface area (Å²) < 4.78 is 4.35. The van der Waals surface area contributed by atoms with E-state index in [2.05, 4.69) is 9.68 Å². The summed E-state index contributed by atoms with van der Waals surface area (Å²) in [7, 11) is 0. The fraction of sp³-hybridized carbons (Fsp3) is 0.200. The van der Waals surface area contributed by atoms with Crippen molar-refractivity contribution in [1.29, 1.82) is 0 Å². The molecule has 0 atom stereocenters. The SMILES string of the molecule is Cc1onc(C(=O)O)c1[N+](=O)[O-]. The third kappa shape index (κ3) is 1.11. The quantitative estimate of drug-likeness (QED) is 0.516. The van der Waals surface area contributed by atoms with Gasteiger partial charge >= 0.3 is 11.7 Å². The van der Waals surface area contributed by atoms with Gasteiger partial charge in [-0.25, -0.2) is 4.79 Å². The van der Waals surface area contributed by atoms with Gasteiger partial charge in [0.15, 0.2) is 0 Å². The number of nitro groups is 1. The summed E-state index contributed by atoms with van der Waals surface area (Å²) >= 11 is 0. The van der Waals surface area contributed by atoms with E-state index in [1.54, 1.807) is 0 Å². The second kappa shape index (κ2) is 2.61. The van der Waals surface area contributed by atoms with Crippen LogP contribution in [0.2, 0.25) is 0 Å². The molecule has 0 fully saturated rings. The van der Waals surface area contributed by atoms with Gasteiger partial charge in [-0.1, -0.05) is 5.16 Å². The largest absolute Gasteiger partial charge is 0.476 e. The zero-order chi connectivity index (χ0) is 9.30. The van der Waals surface area contributed by atoms with Crippen LogP contribution in [-0.4, -0.2) is 21.2 Å². The third-order valence-electron chi connectivity index (χ3n) is 1.22. The van der Waals surface area contributed by atoms with E-state index < -0.39 is 22.3 Å². The van der Waals surface area contributed by atoms with Crippen LogP contribution in [-0.2, 0) is 0 Å². The highest BCUT2D eigenvalue weighted by Crippen LogP contribution is 2.21. The number of aryl methyl sites for hydroxylation is 1. The average molecular weight is 172 g/mol. The van der Waals surface area contributed by atoms with Crippen molar-refractivity contribution in [3.8, 4) is 0 Å². The Balaban J connectivity index is 3.31. The lowest BCUT2D eigenvalue weighted by molar-refractivity contribution is -0.386. The summed E-state index contributed by atoms with van der Waals surface area (Å²) in [6.07, 6.45) is 0. The number of hydrogen-bond acceptors (Lipinski definition) is 5. The molecule has 7 heteroatoms. The van der Waals surface area contributed by atoms with Crippen molar-refractivity contribution in [2.45, 2.75) is 6.92 Å². The highest BCUT2D eigenvalue weighted by atomic mass is 16.6. The number of rotatable bonds is 2. The molecule has 12 heavy (non-hydrogen) atoms. The average Bonchev–Trinajstić information content (AvgIpc) is 2.30. The van der Waals surface area contributed by atoms with Gasteiger partial charge in [-0.3, -0.25) is 10.1 Å². The highest BCUT2D eigenvalue weighted by Gasteiger charge is 2.28. The third-order valence-corrected chi connectivity index (χ3v) is 1.22. The normalized spacial score (nSPS) is 9.75. The Labute approximate surface area is 65.7 Å². The van der Waals surface area contributed by atoms with E-state index in [0.29, 0.717) is 0 Å². The van der Waals surface area contributed by atoms with Crippen LogP contribution in [0.15, 0.2) is 4.52 Å². The number of nitrogens with zero attached hydrogens (tertiary/aromatic N) is 2. The fourth-order valence-corrected chi connectivity index (χ4v) is 0.723. The molecule has 0 aromatic carbocycles. The predicted molar refractivity (Wildman–Crippen MR) is 34.9 cm³/mol. The Morgan fingerprint density at radius 2 is 2.33 bits per heavy atom. The molecular formula is C5H4N2O5. The van der Waals surface area contributed by atoms with E-state index in [1.165, 1.54) is 6.92 Å². The van der Waals surface area contributed by atoms with E-state index in [0.717, 1.165) is 0 Å². The lowest BCUT2D eigenvalue weighted by Crippen LogP contribution is -2.01. The van der Waals surface area contributed by atoms with Gasteiger partial charge in [-0.15, -0.1) is 0 Å². The Morgan fingerprint density at radius 1 is 1.75 bits per heavy atom. The Hall–Kier alpha value is -1.92. The van der Waals surface area contributed by atoms with Crippen molar-refractivity contribution >= 4 is 11.7 Å². The number of carboxylic acid groups (broad SMARTS) is 1. The Morgan fingerprint density at radius 3 is 2.67 bits per heavy atom. The molecule has 1 aromatic rings. The van der Waals surface area contributed by atoms with Gasteiger partial charge in [0.2, 0.25) is 5.76 Å². The van der Waals surface area contributed by atoms with Crippen LogP contribution < -0.4 is 0 Å². The topological polar surface area (TPSA) is 106 Å². The minimum Gasteiger partial charge on any atom is -0.476 e. The molecule has 1 heterocycles. The molecule has 0 bridgehead atoms. The first-order chi connectivity index (χ1) is 5.54. The lowest BCUT2D eigenvalue weighted by atomic mass is 10.3. The molecular weight excluding hydrogens is 168 g/mol. The zero-order valence-corrected chi connectivity index (χ0v) is 5.97. The van der Waals surface area contributed by atoms with E-state index in [-0.39, 0.29) is 5.76 Å². The molecule has 7 nitrogen and oxygen atoms in total. The van der Waals surface area contributed by atoms with Crippen LogP contribution in [0.25, 0.3) is 0 Å². The zero-order valence-electron chi connectivity index (χ0n) is 5.97. The van der Waals surface area contributed by atoms with E-state index in [1.807, 2.05) is 0 Å². The van der Waals surface area contributed by atoms with Crippen LogP contribution in [0.1, 0.15) is 16.2 Å².